The molecule has 2 aromatic carbocycles. The number of imidazole rings is 1. The maximum absolute atomic E-state index is 6.08. The summed E-state index contributed by atoms with van der Waals surface area (Å²) in [4.78, 5) is 15.0. The van der Waals surface area contributed by atoms with Crippen LogP contribution >= 0.6 is 0 Å². The number of ether oxygens (including phenoxy) is 1. The Kier molecular flexibility index (Phi) is 4.04. The van der Waals surface area contributed by atoms with Crippen molar-refractivity contribution in [2.24, 2.45) is 0 Å². The van der Waals surface area contributed by atoms with Gasteiger partial charge in [-0.2, -0.15) is 4.73 Å². The molecular weight excluding hydrogens is 314 g/mol. The van der Waals surface area contributed by atoms with E-state index in [9.17, 15) is 0 Å². The number of rotatable bonds is 5. The van der Waals surface area contributed by atoms with Gasteiger partial charge in [-0.05, 0) is 29.8 Å². The van der Waals surface area contributed by atoms with Crippen LogP contribution in [-0.4, -0.2) is 21.8 Å². The van der Waals surface area contributed by atoms with Crippen molar-refractivity contribution in [3.05, 3.63) is 78.5 Å². The predicted molar refractivity (Wildman–Crippen MR) is 96.2 cm³/mol. The molecular formula is C20H17N3O2. The second-order valence-electron chi connectivity index (χ2n) is 5.56. The Bertz CT molecular complexity index is 979. The van der Waals surface area contributed by atoms with Crippen LogP contribution in [0.25, 0.3) is 22.6 Å². The summed E-state index contributed by atoms with van der Waals surface area (Å²) in [7, 11) is 1.66. The quantitative estimate of drug-likeness (QED) is 0.559. The third-order valence-corrected chi connectivity index (χ3v) is 3.94. The predicted octanol–water partition coefficient (Wildman–Crippen LogP) is 3.74. The molecule has 0 unspecified atom stereocenters. The number of hydrogen-bond acceptors (Lipinski definition) is 4. The molecule has 0 radical (unpaired) electrons. The summed E-state index contributed by atoms with van der Waals surface area (Å²) >= 11 is 0. The molecule has 0 N–H and O–H groups in total. The second kappa shape index (κ2) is 6.65. The van der Waals surface area contributed by atoms with Crippen molar-refractivity contribution >= 4 is 11.2 Å². The van der Waals surface area contributed by atoms with Crippen molar-refractivity contribution in [3.8, 4) is 17.1 Å². The van der Waals surface area contributed by atoms with E-state index >= 15 is 0 Å². The highest BCUT2D eigenvalue weighted by Gasteiger charge is 2.14. The summed E-state index contributed by atoms with van der Waals surface area (Å²) in [5, 5.41) is 0. The van der Waals surface area contributed by atoms with Crippen molar-refractivity contribution in [1.82, 2.24) is 14.7 Å². The van der Waals surface area contributed by atoms with Gasteiger partial charge in [0.1, 0.15) is 17.9 Å². The zero-order chi connectivity index (χ0) is 17.1. The Morgan fingerprint density at radius 3 is 2.48 bits per heavy atom. The van der Waals surface area contributed by atoms with E-state index in [1.165, 1.54) is 0 Å². The molecule has 5 heteroatoms. The highest BCUT2D eigenvalue weighted by Crippen LogP contribution is 2.23. The minimum absolute atomic E-state index is 0.421. The molecule has 0 bridgehead atoms. The molecule has 0 saturated heterocycles. The molecule has 25 heavy (non-hydrogen) atoms. The number of pyridine rings is 1. The van der Waals surface area contributed by atoms with Gasteiger partial charge in [0.15, 0.2) is 11.5 Å². The van der Waals surface area contributed by atoms with Gasteiger partial charge >= 0.3 is 0 Å². The molecule has 2 heterocycles. The third-order valence-electron chi connectivity index (χ3n) is 3.94. The number of nitrogens with zero attached hydrogens (tertiary/aromatic N) is 3. The molecule has 4 aromatic rings. The Hall–Kier alpha value is -3.34. The van der Waals surface area contributed by atoms with Crippen molar-refractivity contribution in [1.29, 1.82) is 0 Å². The molecule has 0 fully saturated rings. The van der Waals surface area contributed by atoms with Gasteiger partial charge in [0, 0.05) is 11.8 Å². The van der Waals surface area contributed by atoms with Gasteiger partial charge < -0.3 is 9.57 Å². The van der Waals surface area contributed by atoms with E-state index in [1.807, 2.05) is 66.7 Å². The summed E-state index contributed by atoms with van der Waals surface area (Å²) in [6.07, 6.45) is 1.73. The van der Waals surface area contributed by atoms with Crippen LogP contribution in [0.15, 0.2) is 72.9 Å². The number of hydrogen-bond donors (Lipinski definition) is 0. The average molecular weight is 331 g/mol. The van der Waals surface area contributed by atoms with Crippen LogP contribution in [0.4, 0.5) is 0 Å². The van der Waals surface area contributed by atoms with Crippen molar-refractivity contribution in [2.75, 3.05) is 7.11 Å². The van der Waals surface area contributed by atoms with Gasteiger partial charge in [-0.1, -0.05) is 42.5 Å². The molecule has 0 aliphatic rings. The molecule has 5 nitrogen and oxygen atoms in total. The Labute approximate surface area is 145 Å². The smallest absolute Gasteiger partial charge is 0.181 e. The van der Waals surface area contributed by atoms with Gasteiger partial charge in [-0.3, -0.25) is 0 Å². The van der Waals surface area contributed by atoms with E-state index in [1.54, 1.807) is 18.0 Å². The molecule has 124 valence electrons. The van der Waals surface area contributed by atoms with E-state index in [0.717, 1.165) is 28.2 Å². The molecule has 0 saturated carbocycles. The molecule has 0 spiro atoms. The van der Waals surface area contributed by atoms with Crippen LogP contribution in [0.1, 0.15) is 5.56 Å². The maximum Gasteiger partial charge on any atom is 0.181 e. The van der Waals surface area contributed by atoms with Gasteiger partial charge in [-0.25, -0.2) is 9.97 Å². The first kappa shape index (κ1) is 15.2. The van der Waals surface area contributed by atoms with Crippen LogP contribution in [0.2, 0.25) is 0 Å². The Morgan fingerprint density at radius 1 is 0.920 bits per heavy atom. The zero-order valence-corrected chi connectivity index (χ0v) is 13.8. The lowest BCUT2D eigenvalue weighted by Crippen LogP contribution is -2.12. The first-order valence-corrected chi connectivity index (χ1v) is 8.00. The van der Waals surface area contributed by atoms with Crippen LogP contribution in [-0.2, 0) is 6.61 Å². The summed E-state index contributed by atoms with van der Waals surface area (Å²) < 4.78 is 6.94. The van der Waals surface area contributed by atoms with Gasteiger partial charge in [0.25, 0.3) is 0 Å². The van der Waals surface area contributed by atoms with Gasteiger partial charge in [0.2, 0.25) is 0 Å². The van der Waals surface area contributed by atoms with E-state index in [0.29, 0.717) is 12.3 Å². The monoisotopic (exact) mass is 331 g/mol. The maximum atomic E-state index is 6.08. The lowest BCUT2D eigenvalue weighted by molar-refractivity contribution is 0.110. The van der Waals surface area contributed by atoms with E-state index in [-0.39, 0.29) is 0 Å². The highest BCUT2D eigenvalue weighted by molar-refractivity contribution is 5.76. The van der Waals surface area contributed by atoms with Crippen LogP contribution < -0.4 is 9.57 Å². The SMILES string of the molecule is COc1ccc(COn2c(-c3ccccc3)nc3ncccc32)cc1. The number of fused-ring (bicyclic) bond motifs is 1. The molecule has 0 aliphatic heterocycles. The number of aromatic nitrogens is 3. The topological polar surface area (TPSA) is 49.2 Å². The summed E-state index contributed by atoms with van der Waals surface area (Å²) in [5.41, 5.74) is 3.53. The van der Waals surface area contributed by atoms with E-state index in [4.69, 9.17) is 9.57 Å². The largest absolute Gasteiger partial charge is 0.497 e. The summed E-state index contributed by atoms with van der Waals surface area (Å²) in [5.74, 6) is 1.56. The highest BCUT2D eigenvalue weighted by atomic mass is 16.7. The van der Waals surface area contributed by atoms with Crippen molar-refractivity contribution in [3.63, 3.8) is 0 Å². The van der Waals surface area contributed by atoms with Crippen LogP contribution in [0, 0.1) is 0 Å². The average Bonchev–Trinajstić information content (AvgIpc) is 3.06. The third kappa shape index (κ3) is 3.04. The first-order valence-electron chi connectivity index (χ1n) is 8.00. The number of benzene rings is 2. The van der Waals surface area contributed by atoms with Gasteiger partial charge in [-0.15, -0.1) is 0 Å². The Morgan fingerprint density at radius 2 is 1.72 bits per heavy atom. The number of methoxy groups -OCH3 is 1. The molecule has 2 aromatic heterocycles. The van der Waals surface area contributed by atoms with Crippen molar-refractivity contribution in [2.45, 2.75) is 6.61 Å². The first-order chi connectivity index (χ1) is 12.3. The lowest BCUT2D eigenvalue weighted by atomic mass is 10.2. The summed E-state index contributed by atoms with van der Waals surface area (Å²) in [6.45, 7) is 0.421. The fourth-order valence-corrected chi connectivity index (χ4v) is 2.65. The lowest BCUT2D eigenvalue weighted by Gasteiger charge is -2.11. The zero-order valence-electron chi connectivity index (χ0n) is 13.8. The van der Waals surface area contributed by atoms with E-state index < -0.39 is 0 Å². The summed E-state index contributed by atoms with van der Waals surface area (Å²) in [6, 6.07) is 21.6. The standard InChI is InChI=1S/C20H17N3O2/c1-24-17-11-9-15(10-12-17)14-25-23-18-8-5-13-21-19(18)22-20(23)16-6-3-2-4-7-16/h2-13H,14H2,1H3. The minimum Gasteiger partial charge on any atom is -0.497 e. The normalized spacial score (nSPS) is 10.8. The van der Waals surface area contributed by atoms with Crippen LogP contribution in [0.5, 0.6) is 5.75 Å². The molecule has 0 aliphatic carbocycles. The minimum atomic E-state index is 0.421. The molecule has 0 atom stereocenters. The Balaban J connectivity index is 1.69. The van der Waals surface area contributed by atoms with Gasteiger partial charge in [0.05, 0.1) is 7.11 Å². The van der Waals surface area contributed by atoms with Crippen LogP contribution in [0.3, 0.4) is 0 Å². The van der Waals surface area contributed by atoms with Crippen molar-refractivity contribution < 1.29 is 9.57 Å². The fraction of sp³-hybridized carbons (Fsp3) is 0.100. The molecule has 0 amide bonds. The van der Waals surface area contributed by atoms with E-state index in [2.05, 4.69) is 9.97 Å². The second-order valence-corrected chi connectivity index (χ2v) is 5.56. The molecule has 4 rings (SSSR count). The fourth-order valence-electron chi connectivity index (χ4n) is 2.65.